The van der Waals surface area contributed by atoms with Crippen LogP contribution in [-0.2, 0) is 6.54 Å². The molecule has 0 atom stereocenters. The lowest BCUT2D eigenvalue weighted by Gasteiger charge is -2.70. The van der Waals surface area contributed by atoms with Crippen LogP contribution in [0.2, 0.25) is 0 Å². The Morgan fingerprint density at radius 3 is 2.43 bits per heavy atom. The van der Waals surface area contributed by atoms with Crippen LogP contribution in [0.15, 0.2) is 24.3 Å². The molecule has 0 radical (unpaired) electrons. The molecule has 0 aliphatic heterocycles. The highest BCUT2D eigenvalue weighted by Gasteiger charge is 2.79. The third-order valence-electron chi connectivity index (χ3n) is 4.67. The highest BCUT2D eigenvalue weighted by atomic mass is 19.4. The minimum atomic E-state index is -4.22. The van der Waals surface area contributed by atoms with Gasteiger partial charge in [0.2, 0.25) is 0 Å². The molecule has 0 heterocycles. The van der Waals surface area contributed by atoms with Crippen molar-refractivity contribution in [3.8, 4) is 0 Å². The highest BCUT2D eigenvalue weighted by molar-refractivity contribution is 5.75. The third-order valence-corrected chi connectivity index (χ3v) is 4.67. The first-order valence-electron chi connectivity index (χ1n) is 7.15. The Hall–Kier alpha value is -1.86. The molecule has 3 fully saturated rings. The average molecular weight is 334 g/mol. The van der Waals surface area contributed by atoms with E-state index in [0.29, 0.717) is 5.56 Å². The number of benzene rings is 1. The number of carbonyl (C=O) groups is 1. The maximum absolute atomic E-state index is 12.7. The van der Waals surface area contributed by atoms with Gasteiger partial charge in [0, 0.05) is 17.6 Å². The van der Waals surface area contributed by atoms with Gasteiger partial charge < -0.3 is 10.6 Å². The maximum atomic E-state index is 12.7. The first-order chi connectivity index (χ1) is 10.6. The van der Waals surface area contributed by atoms with Crippen LogP contribution in [0.4, 0.5) is 26.7 Å². The van der Waals surface area contributed by atoms with Crippen molar-refractivity contribution in [3.05, 3.63) is 35.4 Å². The second kappa shape index (κ2) is 5.07. The molecule has 3 aliphatic carbocycles. The lowest BCUT2D eigenvalue weighted by atomic mass is 9.39. The molecule has 8 heteroatoms. The number of urea groups is 1. The first-order valence-corrected chi connectivity index (χ1v) is 7.15. The fraction of sp³-hybridized carbons (Fsp3) is 0.533. The van der Waals surface area contributed by atoms with Gasteiger partial charge in [0.25, 0.3) is 6.43 Å². The van der Waals surface area contributed by atoms with E-state index in [4.69, 9.17) is 0 Å². The van der Waals surface area contributed by atoms with Crippen LogP contribution in [0.3, 0.4) is 0 Å². The summed E-state index contributed by atoms with van der Waals surface area (Å²) in [6, 6.07) is 5.04. The summed E-state index contributed by atoms with van der Waals surface area (Å²) >= 11 is 0. The van der Waals surface area contributed by atoms with Crippen molar-refractivity contribution in [2.45, 2.75) is 43.9 Å². The van der Waals surface area contributed by atoms with Gasteiger partial charge in [-0.3, -0.25) is 0 Å². The summed E-state index contributed by atoms with van der Waals surface area (Å²) in [6.45, 7) is 0.0346. The van der Waals surface area contributed by atoms with Crippen LogP contribution in [0.25, 0.3) is 0 Å². The monoisotopic (exact) mass is 334 g/mol. The molecule has 0 saturated heterocycles. The number of nitrogens with one attached hydrogen (secondary N) is 2. The number of carbonyl (C=O) groups excluding carboxylic acids is 1. The summed E-state index contributed by atoms with van der Waals surface area (Å²) in [5.74, 6) is 0. The van der Waals surface area contributed by atoms with Crippen molar-refractivity contribution in [2.75, 3.05) is 0 Å². The summed E-state index contributed by atoms with van der Waals surface area (Å²) in [7, 11) is 0. The van der Waals surface area contributed by atoms with Gasteiger partial charge in [0.1, 0.15) is 0 Å². The van der Waals surface area contributed by atoms with E-state index >= 15 is 0 Å². The molecule has 1 aromatic carbocycles. The summed E-state index contributed by atoms with van der Waals surface area (Å²) in [5.41, 5.74) is -2.02. The minimum absolute atomic E-state index is 0.0346. The van der Waals surface area contributed by atoms with Crippen LogP contribution in [-0.4, -0.2) is 17.7 Å². The second-order valence-electron chi connectivity index (χ2n) is 6.44. The van der Waals surface area contributed by atoms with Crippen LogP contribution in [0.5, 0.6) is 0 Å². The van der Waals surface area contributed by atoms with Crippen molar-refractivity contribution in [1.82, 2.24) is 10.6 Å². The van der Waals surface area contributed by atoms with E-state index in [1.54, 1.807) is 6.07 Å². The zero-order chi connectivity index (χ0) is 16.9. The zero-order valence-corrected chi connectivity index (χ0v) is 12.0. The Kier molecular flexibility index (Phi) is 3.53. The normalized spacial score (nSPS) is 28.8. The lowest BCUT2D eigenvalue weighted by molar-refractivity contribution is -0.336. The summed E-state index contributed by atoms with van der Waals surface area (Å²) in [6.07, 6.45) is -7.07. The van der Waals surface area contributed by atoms with Gasteiger partial charge in [-0.2, -0.15) is 13.2 Å². The van der Waals surface area contributed by atoms with E-state index in [1.807, 2.05) is 0 Å². The van der Waals surface area contributed by atoms with E-state index in [9.17, 15) is 26.7 Å². The molecule has 3 aliphatic rings. The quantitative estimate of drug-likeness (QED) is 0.806. The summed E-state index contributed by atoms with van der Waals surface area (Å²) < 4.78 is 63.3. The van der Waals surface area contributed by atoms with Crippen LogP contribution >= 0.6 is 0 Å². The predicted octanol–water partition coefficient (Wildman–Crippen LogP) is 3.91. The Balaban J connectivity index is 1.48. The second-order valence-corrected chi connectivity index (χ2v) is 6.44. The van der Waals surface area contributed by atoms with E-state index in [1.165, 1.54) is 18.2 Å². The molecular weight excluding hydrogens is 319 g/mol. The molecule has 23 heavy (non-hydrogen) atoms. The molecule has 2 amide bonds. The highest BCUT2D eigenvalue weighted by Crippen LogP contribution is 2.73. The minimum Gasteiger partial charge on any atom is -0.334 e. The van der Waals surface area contributed by atoms with Gasteiger partial charge in [-0.1, -0.05) is 18.2 Å². The number of amides is 2. The Bertz CT molecular complexity index is 609. The van der Waals surface area contributed by atoms with Gasteiger partial charge in [0.05, 0.1) is 5.41 Å². The van der Waals surface area contributed by atoms with Gasteiger partial charge in [-0.25, -0.2) is 13.6 Å². The van der Waals surface area contributed by atoms with Gasteiger partial charge in [0.15, 0.2) is 0 Å². The third kappa shape index (κ3) is 2.74. The Morgan fingerprint density at radius 1 is 1.22 bits per heavy atom. The molecular formula is C15H15F5N2O. The van der Waals surface area contributed by atoms with Crippen molar-refractivity contribution < 1.29 is 26.7 Å². The topological polar surface area (TPSA) is 41.1 Å². The summed E-state index contributed by atoms with van der Waals surface area (Å²) in [4.78, 5) is 11.8. The van der Waals surface area contributed by atoms with E-state index in [-0.39, 0.29) is 31.4 Å². The molecule has 3 nitrogen and oxygen atoms in total. The number of alkyl halides is 5. The average Bonchev–Trinajstić information content (AvgIpc) is 2.37. The first kappa shape index (κ1) is 16.0. The molecule has 0 aromatic heterocycles. The predicted molar refractivity (Wildman–Crippen MR) is 71.8 cm³/mol. The molecule has 3 saturated carbocycles. The molecule has 0 spiro atoms. The largest absolute Gasteiger partial charge is 0.394 e. The summed E-state index contributed by atoms with van der Waals surface area (Å²) in [5, 5.41) is 5.05. The van der Waals surface area contributed by atoms with E-state index in [0.717, 1.165) is 0 Å². The maximum Gasteiger partial charge on any atom is 0.394 e. The van der Waals surface area contributed by atoms with Gasteiger partial charge >= 0.3 is 12.2 Å². The van der Waals surface area contributed by atoms with Crippen molar-refractivity contribution in [3.63, 3.8) is 0 Å². The number of hydrogen-bond acceptors (Lipinski definition) is 1. The fourth-order valence-corrected chi connectivity index (χ4v) is 3.53. The van der Waals surface area contributed by atoms with Crippen molar-refractivity contribution >= 4 is 6.03 Å². The van der Waals surface area contributed by atoms with E-state index < -0.39 is 29.6 Å². The van der Waals surface area contributed by atoms with E-state index in [2.05, 4.69) is 10.6 Å². The molecule has 126 valence electrons. The number of hydrogen-bond donors (Lipinski definition) is 2. The Labute approximate surface area is 129 Å². The van der Waals surface area contributed by atoms with Crippen molar-refractivity contribution in [1.29, 1.82) is 0 Å². The van der Waals surface area contributed by atoms with Crippen LogP contribution < -0.4 is 10.6 Å². The van der Waals surface area contributed by atoms with Crippen molar-refractivity contribution in [2.24, 2.45) is 5.41 Å². The lowest BCUT2D eigenvalue weighted by Crippen LogP contribution is -2.79. The van der Waals surface area contributed by atoms with Gasteiger partial charge in [-0.15, -0.1) is 0 Å². The standard InChI is InChI=1S/C15H15F5N2O/c16-11(17)10-3-1-2-9(4-10)5-21-12(23)22-14-6-13(7-14,8-14)15(18,19)20/h1-4,11H,5-8H2,(H2,21,22,23). The molecule has 2 bridgehead atoms. The molecule has 0 unspecified atom stereocenters. The van der Waals surface area contributed by atoms with Gasteiger partial charge in [-0.05, 0) is 30.9 Å². The zero-order valence-electron chi connectivity index (χ0n) is 12.0. The number of halogens is 5. The Morgan fingerprint density at radius 2 is 1.87 bits per heavy atom. The van der Waals surface area contributed by atoms with Crippen LogP contribution in [0.1, 0.15) is 36.8 Å². The molecule has 2 N–H and O–H groups in total. The molecule has 4 rings (SSSR count). The number of rotatable bonds is 4. The van der Waals surface area contributed by atoms with Crippen LogP contribution in [0, 0.1) is 5.41 Å². The molecule has 1 aromatic rings. The fourth-order valence-electron chi connectivity index (χ4n) is 3.53. The smallest absolute Gasteiger partial charge is 0.334 e. The SMILES string of the molecule is O=C(NCc1cccc(C(F)F)c1)NC12CC(C(F)(F)F)(C1)C2.